The second-order valence-corrected chi connectivity index (χ2v) is 7.64. The summed E-state index contributed by atoms with van der Waals surface area (Å²) in [6.45, 7) is 7.37. The fourth-order valence-corrected chi connectivity index (χ4v) is 3.38. The SMILES string of the molecule is CCNC(=O)c1noc(-c2cc(C(C)C)c(O)cc2O)c1N(CC)C(=O)c1cc(C(N)=O)on1. The van der Waals surface area contributed by atoms with Crippen LogP contribution in [0.2, 0.25) is 0 Å². The van der Waals surface area contributed by atoms with Gasteiger partial charge in [-0.2, -0.15) is 0 Å². The van der Waals surface area contributed by atoms with Crippen LogP contribution in [0.4, 0.5) is 5.69 Å². The van der Waals surface area contributed by atoms with Gasteiger partial charge in [0.05, 0.1) is 5.56 Å². The molecule has 3 amide bonds. The highest BCUT2D eigenvalue weighted by molar-refractivity contribution is 6.12. The normalized spacial score (nSPS) is 11.0. The molecule has 0 aliphatic rings. The summed E-state index contributed by atoms with van der Waals surface area (Å²) in [5.74, 6) is -3.20. The number of hydrogen-bond donors (Lipinski definition) is 4. The van der Waals surface area contributed by atoms with E-state index in [1.54, 1.807) is 13.8 Å². The largest absolute Gasteiger partial charge is 0.508 e. The Morgan fingerprint density at radius 3 is 2.35 bits per heavy atom. The molecule has 0 fully saturated rings. The molecule has 3 aromatic rings. The van der Waals surface area contributed by atoms with Crippen LogP contribution in [0.5, 0.6) is 11.5 Å². The Bertz CT molecular complexity index is 1240. The molecular weight excluding hydrogens is 446 g/mol. The van der Waals surface area contributed by atoms with Gasteiger partial charge in [0.25, 0.3) is 17.7 Å². The van der Waals surface area contributed by atoms with Crippen molar-refractivity contribution < 1.29 is 33.6 Å². The number of phenolic OH excluding ortho intramolecular Hbond substituents is 2. The third-order valence-corrected chi connectivity index (χ3v) is 5.04. The van der Waals surface area contributed by atoms with Gasteiger partial charge in [0.15, 0.2) is 17.1 Å². The summed E-state index contributed by atoms with van der Waals surface area (Å²) in [4.78, 5) is 38.5. The summed E-state index contributed by atoms with van der Waals surface area (Å²) in [6.07, 6.45) is 0. The van der Waals surface area contributed by atoms with Crippen molar-refractivity contribution in [3.8, 4) is 22.8 Å². The zero-order valence-corrected chi connectivity index (χ0v) is 19.1. The van der Waals surface area contributed by atoms with Crippen LogP contribution in [0, 0.1) is 0 Å². The molecule has 34 heavy (non-hydrogen) atoms. The van der Waals surface area contributed by atoms with Crippen molar-refractivity contribution in [3.05, 3.63) is 40.9 Å². The molecule has 0 aliphatic heterocycles. The molecule has 2 aromatic heterocycles. The number of carbonyl (C=O) groups excluding carboxylic acids is 3. The monoisotopic (exact) mass is 471 g/mol. The Morgan fingerprint density at radius 2 is 1.79 bits per heavy atom. The van der Waals surface area contributed by atoms with Gasteiger partial charge in [-0.3, -0.25) is 14.4 Å². The number of primary amides is 1. The highest BCUT2D eigenvalue weighted by Gasteiger charge is 2.33. The van der Waals surface area contributed by atoms with Gasteiger partial charge < -0.3 is 35.2 Å². The van der Waals surface area contributed by atoms with Gasteiger partial charge >= 0.3 is 0 Å². The lowest BCUT2D eigenvalue weighted by molar-refractivity contribution is 0.0942. The lowest BCUT2D eigenvalue weighted by Gasteiger charge is -2.20. The summed E-state index contributed by atoms with van der Waals surface area (Å²) in [6, 6.07) is 3.74. The summed E-state index contributed by atoms with van der Waals surface area (Å²) in [5, 5.41) is 30.8. The maximum atomic E-state index is 13.3. The molecule has 0 aliphatic carbocycles. The van der Waals surface area contributed by atoms with Gasteiger partial charge in [-0.25, -0.2) is 0 Å². The van der Waals surface area contributed by atoms with Crippen LogP contribution >= 0.6 is 0 Å². The highest BCUT2D eigenvalue weighted by Crippen LogP contribution is 2.43. The first-order chi connectivity index (χ1) is 16.1. The standard InChI is InChI=1S/C22H25N5O7/c1-5-24-21(31)17-18(27(6-2)22(32)13-8-16(20(23)30)33-25-13)19(34-26-17)12-7-11(10(3)4)14(28)9-15(12)29/h7-10,28-29H,5-6H2,1-4H3,(H2,23,30)(H,24,31). The number of aromatic nitrogens is 2. The topological polar surface area (TPSA) is 185 Å². The van der Waals surface area contributed by atoms with Crippen molar-refractivity contribution in [3.63, 3.8) is 0 Å². The van der Waals surface area contributed by atoms with E-state index in [-0.39, 0.29) is 64.7 Å². The molecule has 0 unspecified atom stereocenters. The van der Waals surface area contributed by atoms with Crippen LogP contribution in [0.3, 0.4) is 0 Å². The molecule has 0 bridgehead atoms. The average molecular weight is 471 g/mol. The van der Waals surface area contributed by atoms with Gasteiger partial charge in [0, 0.05) is 25.2 Å². The van der Waals surface area contributed by atoms with Gasteiger partial charge in [0.1, 0.15) is 17.2 Å². The van der Waals surface area contributed by atoms with E-state index in [9.17, 15) is 24.6 Å². The van der Waals surface area contributed by atoms with E-state index in [4.69, 9.17) is 14.8 Å². The maximum Gasteiger partial charge on any atom is 0.287 e. The highest BCUT2D eigenvalue weighted by atomic mass is 16.5. The molecule has 1 aromatic carbocycles. The first-order valence-electron chi connectivity index (χ1n) is 10.5. The minimum atomic E-state index is -0.904. The lowest BCUT2D eigenvalue weighted by atomic mass is 9.97. The number of phenols is 2. The maximum absolute atomic E-state index is 13.3. The van der Waals surface area contributed by atoms with Crippen molar-refractivity contribution >= 4 is 23.4 Å². The second kappa shape index (κ2) is 9.65. The van der Waals surface area contributed by atoms with Crippen molar-refractivity contribution in [2.75, 3.05) is 18.0 Å². The molecule has 12 heteroatoms. The minimum absolute atomic E-state index is 0.0298. The van der Waals surface area contributed by atoms with E-state index in [1.807, 2.05) is 13.8 Å². The van der Waals surface area contributed by atoms with Gasteiger partial charge in [-0.15, -0.1) is 0 Å². The first kappa shape index (κ1) is 24.3. The van der Waals surface area contributed by atoms with Gasteiger partial charge in [-0.1, -0.05) is 24.2 Å². The van der Waals surface area contributed by atoms with E-state index >= 15 is 0 Å². The number of nitrogens with one attached hydrogen (secondary N) is 1. The summed E-state index contributed by atoms with van der Waals surface area (Å²) in [7, 11) is 0. The molecule has 0 saturated carbocycles. The number of aromatic hydroxyl groups is 2. The second-order valence-electron chi connectivity index (χ2n) is 7.64. The Balaban J connectivity index is 2.22. The summed E-state index contributed by atoms with van der Waals surface area (Å²) >= 11 is 0. The third kappa shape index (κ3) is 4.42. The number of nitrogens with two attached hydrogens (primary N) is 1. The predicted octanol–water partition coefficient (Wildman–Crippen LogP) is 2.38. The van der Waals surface area contributed by atoms with Crippen molar-refractivity contribution in [2.24, 2.45) is 5.73 Å². The van der Waals surface area contributed by atoms with Crippen LogP contribution in [0.1, 0.15) is 70.7 Å². The van der Waals surface area contributed by atoms with Gasteiger partial charge in [-0.05, 0) is 31.4 Å². The number of nitrogens with zero attached hydrogens (tertiary/aromatic N) is 3. The zero-order valence-electron chi connectivity index (χ0n) is 19.1. The molecule has 180 valence electrons. The molecular formula is C22H25N5O7. The molecule has 5 N–H and O–H groups in total. The molecule has 0 atom stereocenters. The Hall–Kier alpha value is -4.35. The molecule has 12 nitrogen and oxygen atoms in total. The lowest BCUT2D eigenvalue weighted by Crippen LogP contribution is -2.34. The first-order valence-corrected chi connectivity index (χ1v) is 10.5. The van der Waals surface area contributed by atoms with Gasteiger partial charge in [0.2, 0.25) is 5.76 Å². The Labute approximate surface area is 194 Å². The smallest absolute Gasteiger partial charge is 0.287 e. The number of hydrogen-bond acceptors (Lipinski definition) is 9. The fourth-order valence-electron chi connectivity index (χ4n) is 3.38. The van der Waals surface area contributed by atoms with Crippen LogP contribution < -0.4 is 16.0 Å². The molecule has 3 rings (SSSR count). The molecule has 0 radical (unpaired) electrons. The number of amides is 3. The van der Waals surface area contributed by atoms with Crippen molar-refractivity contribution in [1.29, 1.82) is 0 Å². The van der Waals surface area contributed by atoms with Crippen molar-refractivity contribution in [1.82, 2.24) is 15.6 Å². The van der Waals surface area contributed by atoms with E-state index in [0.29, 0.717) is 5.56 Å². The third-order valence-electron chi connectivity index (χ3n) is 5.04. The summed E-state index contributed by atoms with van der Waals surface area (Å²) in [5.41, 5.74) is 5.32. The quantitative estimate of drug-likeness (QED) is 0.383. The molecule has 0 spiro atoms. The van der Waals surface area contributed by atoms with E-state index in [1.165, 1.54) is 6.07 Å². The van der Waals surface area contributed by atoms with Crippen molar-refractivity contribution in [2.45, 2.75) is 33.6 Å². The van der Waals surface area contributed by atoms with E-state index in [2.05, 4.69) is 15.6 Å². The number of carbonyl (C=O) groups is 3. The van der Waals surface area contributed by atoms with E-state index < -0.39 is 17.7 Å². The summed E-state index contributed by atoms with van der Waals surface area (Å²) < 4.78 is 10.3. The zero-order chi connectivity index (χ0) is 25.2. The predicted molar refractivity (Wildman–Crippen MR) is 120 cm³/mol. The van der Waals surface area contributed by atoms with Crippen LogP contribution in [-0.2, 0) is 0 Å². The number of anilines is 1. The molecule has 0 saturated heterocycles. The number of benzene rings is 1. The molecule has 2 heterocycles. The number of rotatable bonds is 8. The van der Waals surface area contributed by atoms with Crippen LogP contribution in [-0.4, -0.2) is 51.3 Å². The average Bonchev–Trinajstić information content (AvgIpc) is 3.42. The Kier molecular flexibility index (Phi) is 6.89. The van der Waals surface area contributed by atoms with E-state index in [0.717, 1.165) is 17.0 Å². The van der Waals surface area contributed by atoms with Crippen LogP contribution in [0.25, 0.3) is 11.3 Å². The fraction of sp³-hybridized carbons (Fsp3) is 0.318. The minimum Gasteiger partial charge on any atom is -0.508 e. The van der Waals surface area contributed by atoms with Crippen LogP contribution in [0.15, 0.2) is 27.2 Å². The Morgan fingerprint density at radius 1 is 1.09 bits per heavy atom.